The van der Waals surface area contributed by atoms with Gasteiger partial charge in [-0.15, -0.1) is 0 Å². The summed E-state index contributed by atoms with van der Waals surface area (Å²) in [7, 11) is 1.65. The van der Waals surface area contributed by atoms with E-state index in [-0.39, 0.29) is 23.0 Å². The highest BCUT2D eigenvalue weighted by Crippen LogP contribution is 2.31. The van der Waals surface area contributed by atoms with Gasteiger partial charge in [0, 0.05) is 17.6 Å². The number of halogens is 3. The zero-order chi connectivity index (χ0) is 15.9. The van der Waals surface area contributed by atoms with Gasteiger partial charge >= 0.3 is 0 Å². The lowest BCUT2D eigenvalue weighted by Crippen LogP contribution is -2.27. The summed E-state index contributed by atoms with van der Waals surface area (Å²) in [5.74, 6) is -0.680. The Balaban J connectivity index is 2.30. The molecule has 3 nitrogen and oxygen atoms in total. The van der Waals surface area contributed by atoms with Gasteiger partial charge < -0.3 is 4.90 Å². The molecule has 0 aromatic heterocycles. The van der Waals surface area contributed by atoms with Gasteiger partial charge in [0.1, 0.15) is 12.4 Å². The fraction of sp³-hybridized carbons (Fsp3) is 0.125. The number of benzene rings is 2. The molecule has 1 aliphatic rings. The van der Waals surface area contributed by atoms with Crippen LogP contribution in [0.1, 0.15) is 11.1 Å². The van der Waals surface area contributed by atoms with E-state index in [0.717, 1.165) is 0 Å². The van der Waals surface area contributed by atoms with Gasteiger partial charge in [-0.3, -0.25) is 9.79 Å². The lowest BCUT2D eigenvalue weighted by Gasteiger charge is -2.18. The summed E-state index contributed by atoms with van der Waals surface area (Å²) < 4.78 is 14.3. The number of amides is 1. The van der Waals surface area contributed by atoms with Crippen LogP contribution in [0, 0.1) is 5.82 Å². The number of aliphatic imine (C=N–C) groups is 1. The van der Waals surface area contributed by atoms with Crippen molar-refractivity contribution < 1.29 is 9.18 Å². The summed E-state index contributed by atoms with van der Waals surface area (Å²) in [4.78, 5) is 17.8. The van der Waals surface area contributed by atoms with E-state index in [9.17, 15) is 9.18 Å². The Bertz CT molecular complexity index is 784. The van der Waals surface area contributed by atoms with Crippen LogP contribution in [0.15, 0.2) is 41.4 Å². The third-order valence-corrected chi connectivity index (χ3v) is 4.07. The fourth-order valence-corrected chi connectivity index (χ4v) is 2.83. The normalized spacial score (nSPS) is 14.5. The predicted molar refractivity (Wildman–Crippen MR) is 86.8 cm³/mol. The Morgan fingerprint density at radius 2 is 2.00 bits per heavy atom. The van der Waals surface area contributed by atoms with Crippen LogP contribution < -0.4 is 4.90 Å². The van der Waals surface area contributed by atoms with E-state index in [4.69, 9.17) is 23.2 Å². The van der Waals surface area contributed by atoms with Gasteiger partial charge in [0.25, 0.3) is 0 Å². The van der Waals surface area contributed by atoms with Crippen molar-refractivity contribution in [3.63, 3.8) is 0 Å². The smallest absolute Gasteiger partial charge is 0.248 e. The van der Waals surface area contributed by atoms with Crippen LogP contribution in [0.4, 0.5) is 10.1 Å². The number of carbonyl (C=O) groups excluding carboxylic acids is 1. The van der Waals surface area contributed by atoms with Gasteiger partial charge in [-0.2, -0.15) is 0 Å². The van der Waals surface area contributed by atoms with Crippen LogP contribution in [-0.2, 0) is 4.79 Å². The first kappa shape index (κ1) is 15.0. The Kier molecular flexibility index (Phi) is 3.89. The van der Waals surface area contributed by atoms with E-state index in [0.29, 0.717) is 22.0 Å². The quantitative estimate of drug-likeness (QED) is 0.776. The van der Waals surface area contributed by atoms with E-state index in [1.54, 1.807) is 31.3 Å². The monoisotopic (exact) mass is 336 g/mol. The largest absolute Gasteiger partial charge is 0.313 e. The number of benzodiazepines with no additional fused rings is 1. The molecular weight excluding hydrogens is 326 g/mol. The summed E-state index contributed by atoms with van der Waals surface area (Å²) in [6.07, 6.45) is 0. The van der Waals surface area contributed by atoms with Crippen molar-refractivity contribution in [1.82, 2.24) is 0 Å². The molecule has 0 bridgehead atoms. The number of likely N-dealkylation sites (N-methyl/N-ethyl adjacent to an activating group) is 1. The van der Waals surface area contributed by atoms with Gasteiger partial charge in [-0.1, -0.05) is 29.3 Å². The van der Waals surface area contributed by atoms with Gasteiger partial charge in [0.2, 0.25) is 5.91 Å². The number of carbonyl (C=O) groups is 1. The molecule has 0 aliphatic carbocycles. The molecule has 0 radical (unpaired) electrons. The molecule has 0 unspecified atom stereocenters. The van der Waals surface area contributed by atoms with Crippen LogP contribution >= 0.6 is 23.2 Å². The number of anilines is 1. The molecule has 0 saturated heterocycles. The third kappa shape index (κ3) is 2.49. The first-order valence-electron chi connectivity index (χ1n) is 6.54. The lowest BCUT2D eigenvalue weighted by atomic mass is 9.99. The summed E-state index contributed by atoms with van der Waals surface area (Å²) in [6, 6.07) is 9.47. The summed E-state index contributed by atoms with van der Waals surface area (Å²) in [6.45, 7) is -0.0806. The molecule has 2 aromatic rings. The van der Waals surface area contributed by atoms with Gasteiger partial charge in [0.05, 0.1) is 22.0 Å². The SMILES string of the molecule is CN1C(=O)CN=C(c2c(F)cccc2Cl)c2cc(Cl)ccc21. The molecule has 6 heteroatoms. The zero-order valence-corrected chi connectivity index (χ0v) is 13.1. The van der Waals surface area contributed by atoms with Crippen LogP contribution in [0.3, 0.4) is 0 Å². The molecule has 2 aromatic carbocycles. The van der Waals surface area contributed by atoms with Crippen molar-refractivity contribution >= 4 is 40.5 Å². The molecule has 112 valence electrons. The summed E-state index contributed by atoms with van der Waals surface area (Å²) >= 11 is 12.2. The molecule has 1 amide bonds. The molecule has 0 spiro atoms. The van der Waals surface area contributed by atoms with Crippen molar-refractivity contribution in [2.24, 2.45) is 4.99 Å². The average molecular weight is 337 g/mol. The number of fused-ring (bicyclic) bond motifs is 1. The van der Waals surface area contributed by atoms with Crippen molar-refractivity contribution in [3.8, 4) is 0 Å². The maximum Gasteiger partial charge on any atom is 0.248 e. The Hall–Kier alpha value is -1.91. The second-order valence-corrected chi connectivity index (χ2v) is 5.72. The minimum absolute atomic E-state index is 0.0806. The third-order valence-electron chi connectivity index (χ3n) is 3.52. The number of hydrogen-bond donors (Lipinski definition) is 0. The van der Waals surface area contributed by atoms with Gasteiger partial charge in [0.15, 0.2) is 0 Å². The van der Waals surface area contributed by atoms with Crippen LogP contribution in [0.25, 0.3) is 0 Å². The summed E-state index contributed by atoms with van der Waals surface area (Å²) in [5, 5.41) is 0.711. The van der Waals surface area contributed by atoms with Crippen molar-refractivity contribution in [2.75, 3.05) is 18.5 Å². The number of hydrogen-bond acceptors (Lipinski definition) is 2. The summed E-state index contributed by atoms with van der Waals surface area (Å²) in [5.41, 5.74) is 1.70. The van der Waals surface area contributed by atoms with Gasteiger partial charge in [-0.05, 0) is 30.3 Å². The van der Waals surface area contributed by atoms with Crippen molar-refractivity contribution in [3.05, 3.63) is 63.4 Å². The second-order valence-electron chi connectivity index (χ2n) is 4.88. The highest BCUT2D eigenvalue weighted by Gasteiger charge is 2.25. The molecular formula is C16H11Cl2FN2O. The highest BCUT2D eigenvalue weighted by molar-refractivity contribution is 6.37. The topological polar surface area (TPSA) is 32.7 Å². The second kappa shape index (κ2) is 5.71. The standard InChI is InChI=1S/C16H11Cl2FN2O/c1-21-13-6-5-9(17)7-10(13)16(20-8-14(21)22)15-11(18)3-2-4-12(15)19/h2-7H,8H2,1H3. The molecule has 0 N–H and O–H groups in total. The molecule has 1 heterocycles. The first-order chi connectivity index (χ1) is 10.5. The molecule has 0 saturated carbocycles. The minimum Gasteiger partial charge on any atom is -0.313 e. The zero-order valence-electron chi connectivity index (χ0n) is 11.6. The molecule has 1 aliphatic heterocycles. The van der Waals surface area contributed by atoms with Crippen molar-refractivity contribution in [1.29, 1.82) is 0 Å². The number of rotatable bonds is 1. The van der Waals surface area contributed by atoms with E-state index < -0.39 is 5.82 Å². The van der Waals surface area contributed by atoms with E-state index in [2.05, 4.69) is 4.99 Å². The Morgan fingerprint density at radius 3 is 2.73 bits per heavy atom. The van der Waals surface area contributed by atoms with Gasteiger partial charge in [-0.25, -0.2) is 4.39 Å². The average Bonchev–Trinajstić information content (AvgIpc) is 2.59. The maximum atomic E-state index is 14.3. The Morgan fingerprint density at radius 1 is 1.23 bits per heavy atom. The Labute approximate surface area is 137 Å². The fourth-order valence-electron chi connectivity index (χ4n) is 2.40. The minimum atomic E-state index is -0.492. The van der Waals surface area contributed by atoms with Crippen LogP contribution in [0.5, 0.6) is 0 Å². The predicted octanol–water partition coefficient (Wildman–Crippen LogP) is 3.95. The van der Waals surface area contributed by atoms with Crippen LogP contribution in [-0.4, -0.2) is 25.2 Å². The van der Waals surface area contributed by atoms with E-state index >= 15 is 0 Å². The first-order valence-corrected chi connectivity index (χ1v) is 7.30. The molecule has 0 atom stereocenters. The lowest BCUT2D eigenvalue weighted by molar-refractivity contribution is -0.116. The molecule has 22 heavy (non-hydrogen) atoms. The highest BCUT2D eigenvalue weighted by atomic mass is 35.5. The van der Waals surface area contributed by atoms with E-state index in [1.807, 2.05) is 0 Å². The van der Waals surface area contributed by atoms with Crippen molar-refractivity contribution in [2.45, 2.75) is 0 Å². The van der Waals surface area contributed by atoms with E-state index in [1.165, 1.54) is 17.0 Å². The van der Waals surface area contributed by atoms with Crippen LogP contribution in [0.2, 0.25) is 10.0 Å². The maximum absolute atomic E-state index is 14.3. The molecule has 3 rings (SSSR count). The molecule has 0 fully saturated rings. The number of nitrogens with zero attached hydrogens (tertiary/aromatic N) is 2.